The van der Waals surface area contributed by atoms with Gasteiger partial charge in [-0.1, -0.05) is 23.2 Å². The summed E-state index contributed by atoms with van der Waals surface area (Å²) in [5.74, 6) is 0.745. The van der Waals surface area contributed by atoms with Crippen LogP contribution in [0.4, 0.5) is 0 Å². The zero-order valence-electron chi connectivity index (χ0n) is 18.2. The van der Waals surface area contributed by atoms with Crippen molar-refractivity contribution in [3.05, 3.63) is 75.8 Å². The fraction of sp³-hybridized carbons (Fsp3) is 0.125. The van der Waals surface area contributed by atoms with Gasteiger partial charge in [0, 0.05) is 11.1 Å². The standard InChI is InChI=1S/C24H18Cl2N2O7/c1-31-21-8-14(11-27-28-23(29)12-32-20-10-16(25)4-5-17(20)26)2-6-19(21)35-24(30)15-3-7-18-22(9-15)34-13-33-18/h2-11H,12-13H2,1H3,(H,28,29). The smallest absolute Gasteiger partial charge is 0.343 e. The number of benzene rings is 3. The predicted molar refractivity (Wildman–Crippen MR) is 128 cm³/mol. The summed E-state index contributed by atoms with van der Waals surface area (Å²) in [5.41, 5.74) is 3.23. The third-order valence-corrected chi connectivity index (χ3v) is 5.20. The van der Waals surface area contributed by atoms with E-state index < -0.39 is 11.9 Å². The number of carbonyl (C=O) groups excluding carboxylic acids is 2. The van der Waals surface area contributed by atoms with Crippen LogP contribution in [0.5, 0.6) is 28.7 Å². The van der Waals surface area contributed by atoms with Crippen LogP contribution in [0.25, 0.3) is 0 Å². The number of methoxy groups -OCH3 is 1. The Morgan fingerprint density at radius 3 is 2.66 bits per heavy atom. The van der Waals surface area contributed by atoms with Gasteiger partial charge in [-0.25, -0.2) is 10.2 Å². The van der Waals surface area contributed by atoms with Crippen LogP contribution in [-0.4, -0.2) is 38.6 Å². The second-order valence-corrected chi connectivity index (χ2v) is 7.87. The maximum atomic E-state index is 12.5. The lowest BCUT2D eigenvalue weighted by Crippen LogP contribution is -2.24. The minimum atomic E-state index is -0.588. The summed E-state index contributed by atoms with van der Waals surface area (Å²) in [5, 5.41) is 4.65. The van der Waals surface area contributed by atoms with E-state index in [4.69, 9.17) is 46.9 Å². The van der Waals surface area contributed by atoms with Gasteiger partial charge >= 0.3 is 5.97 Å². The van der Waals surface area contributed by atoms with Gasteiger partial charge in [-0.15, -0.1) is 0 Å². The molecule has 4 rings (SSSR count). The molecule has 1 aliphatic rings. The number of ether oxygens (including phenoxy) is 5. The van der Waals surface area contributed by atoms with E-state index in [9.17, 15) is 9.59 Å². The molecule has 11 heteroatoms. The monoisotopic (exact) mass is 516 g/mol. The van der Waals surface area contributed by atoms with Crippen molar-refractivity contribution >= 4 is 41.3 Å². The molecule has 180 valence electrons. The summed E-state index contributed by atoms with van der Waals surface area (Å²) >= 11 is 11.9. The van der Waals surface area contributed by atoms with Gasteiger partial charge in [0.15, 0.2) is 29.6 Å². The van der Waals surface area contributed by atoms with Crippen LogP contribution in [-0.2, 0) is 4.79 Å². The molecule has 0 spiro atoms. The van der Waals surface area contributed by atoms with Crippen LogP contribution >= 0.6 is 23.2 Å². The molecule has 1 amide bonds. The summed E-state index contributed by atoms with van der Waals surface area (Å²) in [7, 11) is 1.44. The van der Waals surface area contributed by atoms with Gasteiger partial charge < -0.3 is 23.7 Å². The van der Waals surface area contributed by atoms with Gasteiger partial charge in [-0.05, 0) is 54.1 Å². The summed E-state index contributed by atoms with van der Waals surface area (Å²) in [6.07, 6.45) is 1.40. The van der Waals surface area contributed by atoms with Crippen molar-refractivity contribution in [2.24, 2.45) is 5.10 Å². The number of amides is 1. The third-order valence-electron chi connectivity index (χ3n) is 4.65. The summed E-state index contributed by atoms with van der Waals surface area (Å²) in [4.78, 5) is 24.5. The number of fused-ring (bicyclic) bond motifs is 1. The first kappa shape index (κ1) is 24.2. The van der Waals surface area contributed by atoms with Crippen LogP contribution in [0, 0.1) is 0 Å². The van der Waals surface area contributed by atoms with Gasteiger partial charge in [0.05, 0.1) is 23.9 Å². The molecule has 1 heterocycles. The van der Waals surface area contributed by atoms with Crippen molar-refractivity contribution in [2.75, 3.05) is 20.5 Å². The van der Waals surface area contributed by atoms with E-state index in [2.05, 4.69) is 10.5 Å². The normalized spacial score (nSPS) is 11.9. The van der Waals surface area contributed by atoms with Crippen molar-refractivity contribution in [1.29, 1.82) is 0 Å². The second kappa shape index (κ2) is 11.0. The van der Waals surface area contributed by atoms with Crippen LogP contribution in [0.1, 0.15) is 15.9 Å². The summed E-state index contributed by atoms with van der Waals surface area (Å²) < 4.78 is 26.7. The molecule has 1 aliphatic heterocycles. The number of carbonyl (C=O) groups is 2. The van der Waals surface area contributed by atoms with Crippen molar-refractivity contribution in [3.8, 4) is 28.7 Å². The Morgan fingerprint density at radius 1 is 1.00 bits per heavy atom. The van der Waals surface area contributed by atoms with Crippen LogP contribution in [0.3, 0.4) is 0 Å². The molecule has 0 unspecified atom stereocenters. The van der Waals surface area contributed by atoms with E-state index in [-0.39, 0.29) is 24.9 Å². The predicted octanol–water partition coefficient (Wildman–Crippen LogP) is 4.48. The summed E-state index contributed by atoms with van der Waals surface area (Å²) in [6, 6.07) is 14.2. The number of hydrogen-bond acceptors (Lipinski definition) is 8. The fourth-order valence-electron chi connectivity index (χ4n) is 2.97. The van der Waals surface area contributed by atoms with E-state index in [1.165, 1.54) is 19.4 Å². The highest BCUT2D eigenvalue weighted by Crippen LogP contribution is 2.34. The van der Waals surface area contributed by atoms with E-state index in [1.54, 1.807) is 48.5 Å². The Hall–Kier alpha value is -3.95. The lowest BCUT2D eigenvalue weighted by molar-refractivity contribution is -0.123. The first-order valence-electron chi connectivity index (χ1n) is 10.1. The molecule has 0 saturated carbocycles. The molecular formula is C24H18Cl2N2O7. The Morgan fingerprint density at radius 2 is 1.83 bits per heavy atom. The minimum Gasteiger partial charge on any atom is -0.493 e. The SMILES string of the molecule is COc1cc(C=NNC(=O)COc2cc(Cl)ccc2Cl)ccc1OC(=O)c1ccc2c(c1)OCO2. The highest BCUT2D eigenvalue weighted by atomic mass is 35.5. The zero-order valence-corrected chi connectivity index (χ0v) is 19.8. The number of nitrogens with zero attached hydrogens (tertiary/aromatic N) is 1. The number of hydrazone groups is 1. The number of rotatable bonds is 8. The minimum absolute atomic E-state index is 0.106. The number of nitrogens with one attached hydrogen (secondary N) is 1. The molecule has 0 atom stereocenters. The van der Waals surface area contributed by atoms with Crippen LogP contribution < -0.4 is 29.1 Å². The molecule has 1 N–H and O–H groups in total. The van der Waals surface area contributed by atoms with Gasteiger partial charge in [0.1, 0.15) is 5.75 Å². The first-order chi connectivity index (χ1) is 16.9. The third kappa shape index (κ3) is 6.14. The van der Waals surface area contributed by atoms with Gasteiger partial charge in [0.2, 0.25) is 6.79 Å². The fourth-order valence-corrected chi connectivity index (χ4v) is 3.31. The van der Waals surface area contributed by atoms with Crippen LogP contribution in [0.15, 0.2) is 59.7 Å². The Kier molecular flexibility index (Phi) is 7.59. The molecule has 35 heavy (non-hydrogen) atoms. The van der Waals surface area contributed by atoms with Crippen molar-refractivity contribution < 1.29 is 33.3 Å². The van der Waals surface area contributed by atoms with E-state index in [0.717, 1.165) is 0 Å². The Bertz CT molecular complexity index is 1300. The lowest BCUT2D eigenvalue weighted by Gasteiger charge is -2.10. The molecule has 3 aromatic rings. The molecule has 0 radical (unpaired) electrons. The Balaban J connectivity index is 1.34. The number of hydrogen-bond donors (Lipinski definition) is 1. The van der Waals surface area contributed by atoms with E-state index in [1.807, 2.05) is 0 Å². The molecule has 0 bridgehead atoms. The maximum absolute atomic E-state index is 12.5. The molecule has 3 aromatic carbocycles. The van der Waals surface area contributed by atoms with Crippen molar-refractivity contribution in [3.63, 3.8) is 0 Å². The average Bonchev–Trinajstić information content (AvgIpc) is 3.33. The first-order valence-corrected chi connectivity index (χ1v) is 10.9. The van der Waals surface area contributed by atoms with Gasteiger partial charge in [0.25, 0.3) is 5.91 Å². The highest BCUT2D eigenvalue weighted by molar-refractivity contribution is 6.34. The quantitative estimate of drug-likeness (QED) is 0.203. The van der Waals surface area contributed by atoms with E-state index in [0.29, 0.717) is 38.4 Å². The van der Waals surface area contributed by atoms with Crippen molar-refractivity contribution in [2.45, 2.75) is 0 Å². The zero-order chi connectivity index (χ0) is 24.8. The lowest BCUT2D eigenvalue weighted by atomic mass is 10.2. The van der Waals surface area contributed by atoms with E-state index >= 15 is 0 Å². The van der Waals surface area contributed by atoms with Gasteiger partial charge in [-0.2, -0.15) is 5.10 Å². The molecular weight excluding hydrogens is 499 g/mol. The number of halogens is 2. The molecule has 0 aliphatic carbocycles. The molecule has 0 fully saturated rings. The van der Waals surface area contributed by atoms with Crippen LogP contribution in [0.2, 0.25) is 10.0 Å². The number of esters is 1. The molecule has 9 nitrogen and oxygen atoms in total. The Labute approximate surface area is 210 Å². The second-order valence-electron chi connectivity index (χ2n) is 7.02. The maximum Gasteiger partial charge on any atom is 0.343 e. The summed E-state index contributed by atoms with van der Waals surface area (Å²) in [6.45, 7) is -0.204. The largest absolute Gasteiger partial charge is 0.493 e. The molecule has 0 saturated heterocycles. The highest BCUT2D eigenvalue weighted by Gasteiger charge is 2.18. The topological polar surface area (TPSA) is 105 Å². The molecule has 0 aromatic heterocycles. The van der Waals surface area contributed by atoms with Gasteiger partial charge in [-0.3, -0.25) is 4.79 Å². The average molecular weight is 517 g/mol. The van der Waals surface area contributed by atoms with Crippen molar-refractivity contribution in [1.82, 2.24) is 5.43 Å².